The standard InChI is InChI=1S/C13H16F4O/c1-9-4-5-11(14)10(8-9)12(2,18)6-3-7-13(15,16)17/h4-5,8,18H,3,6-7H2,1-2H3. The molecule has 0 saturated carbocycles. The monoisotopic (exact) mass is 264 g/mol. The fraction of sp³-hybridized carbons (Fsp3) is 0.538. The predicted octanol–water partition coefficient (Wildman–Crippen LogP) is 4.07. The molecule has 1 atom stereocenters. The van der Waals surface area contributed by atoms with Crippen LogP contribution >= 0.6 is 0 Å². The smallest absolute Gasteiger partial charge is 0.385 e. The Balaban J connectivity index is 2.76. The molecule has 1 rings (SSSR count). The first-order chi connectivity index (χ1) is 8.12. The molecule has 0 aromatic heterocycles. The second kappa shape index (κ2) is 5.26. The van der Waals surface area contributed by atoms with Gasteiger partial charge in [-0.3, -0.25) is 0 Å². The lowest BCUT2D eigenvalue weighted by Crippen LogP contribution is -2.23. The number of halogens is 4. The van der Waals surface area contributed by atoms with Gasteiger partial charge in [-0.15, -0.1) is 0 Å². The average molecular weight is 264 g/mol. The number of rotatable bonds is 4. The quantitative estimate of drug-likeness (QED) is 0.813. The van der Waals surface area contributed by atoms with Gasteiger partial charge in [-0.25, -0.2) is 4.39 Å². The molecule has 102 valence electrons. The van der Waals surface area contributed by atoms with E-state index in [9.17, 15) is 22.7 Å². The lowest BCUT2D eigenvalue weighted by Gasteiger charge is -2.25. The number of aryl methyl sites for hydroxylation is 1. The highest BCUT2D eigenvalue weighted by atomic mass is 19.4. The van der Waals surface area contributed by atoms with E-state index in [0.29, 0.717) is 0 Å². The van der Waals surface area contributed by atoms with Gasteiger partial charge in [0.25, 0.3) is 0 Å². The number of aliphatic hydroxyl groups is 1. The van der Waals surface area contributed by atoms with Gasteiger partial charge < -0.3 is 5.11 Å². The van der Waals surface area contributed by atoms with Crippen LogP contribution in [0.4, 0.5) is 17.6 Å². The molecule has 1 nitrogen and oxygen atoms in total. The predicted molar refractivity (Wildman–Crippen MR) is 60.6 cm³/mol. The molecule has 1 unspecified atom stereocenters. The van der Waals surface area contributed by atoms with E-state index >= 15 is 0 Å². The molecule has 0 aliphatic rings. The van der Waals surface area contributed by atoms with E-state index in [1.165, 1.54) is 19.1 Å². The largest absolute Gasteiger partial charge is 0.389 e. The number of alkyl halides is 3. The molecular weight excluding hydrogens is 248 g/mol. The van der Waals surface area contributed by atoms with E-state index in [4.69, 9.17) is 0 Å². The normalized spacial score (nSPS) is 15.5. The molecule has 5 heteroatoms. The van der Waals surface area contributed by atoms with Crippen LogP contribution in [0.5, 0.6) is 0 Å². The molecule has 0 radical (unpaired) electrons. The summed E-state index contributed by atoms with van der Waals surface area (Å²) in [6.07, 6.45) is -5.59. The topological polar surface area (TPSA) is 20.2 Å². The molecular formula is C13H16F4O. The van der Waals surface area contributed by atoms with Crippen LogP contribution in [0.25, 0.3) is 0 Å². The van der Waals surface area contributed by atoms with Crippen LogP contribution < -0.4 is 0 Å². The summed E-state index contributed by atoms with van der Waals surface area (Å²) in [7, 11) is 0. The summed E-state index contributed by atoms with van der Waals surface area (Å²) < 4.78 is 49.6. The average Bonchev–Trinajstić information content (AvgIpc) is 2.19. The summed E-state index contributed by atoms with van der Waals surface area (Å²) in [4.78, 5) is 0. The van der Waals surface area contributed by atoms with E-state index in [0.717, 1.165) is 5.56 Å². The Morgan fingerprint density at radius 1 is 1.17 bits per heavy atom. The highest BCUT2D eigenvalue weighted by molar-refractivity contribution is 5.28. The molecule has 0 aliphatic heterocycles. The van der Waals surface area contributed by atoms with Gasteiger partial charge in [-0.1, -0.05) is 17.7 Å². The Hall–Kier alpha value is -1.10. The van der Waals surface area contributed by atoms with Gasteiger partial charge in [-0.2, -0.15) is 13.2 Å². The van der Waals surface area contributed by atoms with Crippen molar-refractivity contribution in [2.45, 2.75) is 44.9 Å². The summed E-state index contributed by atoms with van der Waals surface area (Å²) >= 11 is 0. The van der Waals surface area contributed by atoms with E-state index < -0.39 is 24.0 Å². The van der Waals surface area contributed by atoms with Gasteiger partial charge in [0, 0.05) is 12.0 Å². The fourth-order valence-corrected chi connectivity index (χ4v) is 1.82. The van der Waals surface area contributed by atoms with Crippen LogP contribution in [0.15, 0.2) is 18.2 Å². The first-order valence-corrected chi connectivity index (χ1v) is 5.67. The minimum absolute atomic E-state index is 0.0460. The summed E-state index contributed by atoms with van der Waals surface area (Å²) in [5.41, 5.74) is -0.784. The van der Waals surface area contributed by atoms with Crippen molar-refractivity contribution < 1.29 is 22.7 Å². The first kappa shape index (κ1) is 15.0. The second-order valence-electron chi connectivity index (χ2n) is 4.73. The van der Waals surface area contributed by atoms with E-state index in [1.54, 1.807) is 13.0 Å². The molecule has 0 aliphatic carbocycles. The van der Waals surface area contributed by atoms with E-state index in [2.05, 4.69) is 0 Å². The maximum atomic E-state index is 13.5. The molecule has 0 spiro atoms. The first-order valence-electron chi connectivity index (χ1n) is 5.67. The molecule has 1 aromatic rings. The van der Waals surface area contributed by atoms with Gasteiger partial charge in [0.2, 0.25) is 0 Å². The molecule has 18 heavy (non-hydrogen) atoms. The van der Waals surface area contributed by atoms with Crippen molar-refractivity contribution in [2.75, 3.05) is 0 Å². The lowest BCUT2D eigenvalue weighted by molar-refractivity contribution is -0.137. The Kier molecular flexibility index (Phi) is 4.37. The molecule has 0 bridgehead atoms. The van der Waals surface area contributed by atoms with Gasteiger partial charge in [-0.05, 0) is 32.8 Å². The van der Waals surface area contributed by atoms with Crippen molar-refractivity contribution in [1.29, 1.82) is 0 Å². The fourth-order valence-electron chi connectivity index (χ4n) is 1.82. The highest BCUT2D eigenvalue weighted by Crippen LogP contribution is 2.32. The van der Waals surface area contributed by atoms with Crippen molar-refractivity contribution >= 4 is 0 Å². The number of benzene rings is 1. The van der Waals surface area contributed by atoms with Crippen molar-refractivity contribution in [2.24, 2.45) is 0 Å². The van der Waals surface area contributed by atoms with Gasteiger partial charge in [0.1, 0.15) is 5.82 Å². The molecule has 0 fully saturated rings. The van der Waals surface area contributed by atoms with Crippen LogP contribution in [-0.4, -0.2) is 11.3 Å². The third-order valence-corrected chi connectivity index (χ3v) is 2.83. The van der Waals surface area contributed by atoms with Crippen LogP contribution in [0.3, 0.4) is 0 Å². The SMILES string of the molecule is Cc1ccc(F)c(C(C)(O)CCCC(F)(F)F)c1. The van der Waals surface area contributed by atoms with Crippen LogP contribution in [-0.2, 0) is 5.60 Å². The van der Waals surface area contributed by atoms with E-state index in [-0.39, 0.29) is 18.4 Å². The Morgan fingerprint density at radius 3 is 2.33 bits per heavy atom. The van der Waals surface area contributed by atoms with Crippen molar-refractivity contribution in [3.05, 3.63) is 35.1 Å². The maximum absolute atomic E-state index is 13.5. The zero-order chi connectivity index (χ0) is 14.0. The van der Waals surface area contributed by atoms with Crippen molar-refractivity contribution in [3.8, 4) is 0 Å². The third kappa shape index (κ3) is 4.29. The zero-order valence-corrected chi connectivity index (χ0v) is 10.3. The maximum Gasteiger partial charge on any atom is 0.389 e. The van der Waals surface area contributed by atoms with Crippen molar-refractivity contribution in [3.63, 3.8) is 0 Å². The van der Waals surface area contributed by atoms with Crippen molar-refractivity contribution in [1.82, 2.24) is 0 Å². The Morgan fingerprint density at radius 2 is 1.78 bits per heavy atom. The van der Waals surface area contributed by atoms with E-state index in [1.807, 2.05) is 0 Å². The molecule has 0 amide bonds. The minimum atomic E-state index is -4.25. The number of hydrogen-bond donors (Lipinski definition) is 1. The third-order valence-electron chi connectivity index (χ3n) is 2.83. The van der Waals surface area contributed by atoms with Crippen LogP contribution in [0.1, 0.15) is 37.3 Å². The molecule has 1 aromatic carbocycles. The van der Waals surface area contributed by atoms with Crippen LogP contribution in [0.2, 0.25) is 0 Å². The lowest BCUT2D eigenvalue weighted by atomic mass is 9.89. The minimum Gasteiger partial charge on any atom is -0.385 e. The van der Waals surface area contributed by atoms with Crippen LogP contribution in [0, 0.1) is 12.7 Å². The summed E-state index contributed by atoms with van der Waals surface area (Å²) in [6.45, 7) is 3.07. The molecule has 0 heterocycles. The summed E-state index contributed by atoms with van der Waals surface area (Å²) in [5.74, 6) is -0.599. The van der Waals surface area contributed by atoms with Gasteiger partial charge in [0.05, 0.1) is 5.60 Å². The highest BCUT2D eigenvalue weighted by Gasteiger charge is 2.31. The Bertz CT molecular complexity index is 410. The number of hydrogen-bond acceptors (Lipinski definition) is 1. The second-order valence-corrected chi connectivity index (χ2v) is 4.73. The Labute approximate surface area is 103 Å². The zero-order valence-electron chi connectivity index (χ0n) is 10.3. The molecule has 0 saturated heterocycles. The summed E-state index contributed by atoms with van der Waals surface area (Å²) in [6, 6.07) is 4.22. The molecule has 1 N–H and O–H groups in total. The van der Waals surface area contributed by atoms with Gasteiger partial charge >= 0.3 is 6.18 Å². The van der Waals surface area contributed by atoms with Gasteiger partial charge in [0.15, 0.2) is 0 Å². The summed E-state index contributed by atoms with van der Waals surface area (Å²) in [5, 5.41) is 10.1.